The summed E-state index contributed by atoms with van der Waals surface area (Å²) in [6.45, 7) is 5.48. The number of amides is 1. The Morgan fingerprint density at radius 3 is 2.57 bits per heavy atom. The zero-order chi connectivity index (χ0) is 17.5. The van der Waals surface area contributed by atoms with Crippen molar-refractivity contribution in [1.29, 1.82) is 0 Å². The predicted octanol–water partition coefficient (Wildman–Crippen LogP) is 3.31. The third-order valence-electron chi connectivity index (χ3n) is 2.63. The van der Waals surface area contributed by atoms with E-state index >= 15 is 0 Å². The van der Waals surface area contributed by atoms with Crippen LogP contribution in [-0.2, 0) is 20.9 Å². The average Bonchev–Trinajstić information content (AvgIpc) is 2.43. The van der Waals surface area contributed by atoms with Crippen LogP contribution in [0.1, 0.15) is 32.8 Å². The van der Waals surface area contributed by atoms with Crippen molar-refractivity contribution in [1.82, 2.24) is 5.32 Å². The fraction of sp³-hybridized carbons (Fsp3) is 0.500. The van der Waals surface area contributed by atoms with Gasteiger partial charge in [0.15, 0.2) is 0 Å². The maximum Gasteiger partial charge on any atom is 0.407 e. The zero-order valence-corrected chi connectivity index (χ0v) is 14.5. The van der Waals surface area contributed by atoms with Gasteiger partial charge in [0, 0.05) is 17.1 Å². The van der Waals surface area contributed by atoms with Crippen molar-refractivity contribution >= 4 is 23.7 Å². The molecule has 1 aromatic rings. The molecule has 0 fully saturated rings. The van der Waals surface area contributed by atoms with E-state index in [1.165, 1.54) is 7.11 Å². The summed E-state index contributed by atoms with van der Waals surface area (Å²) in [6.07, 6.45) is -0.524. The maximum absolute atomic E-state index is 11.7. The molecule has 0 aliphatic heterocycles. The maximum atomic E-state index is 11.7. The van der Waals surface area contributed by atoms with Crippen molar-refractivity contribution in [2.45, 2.75) is 39.4 Å². The Hall–Kier alpha value is -1.95. The lowest BCUT2D eigenvalue weighted by molar-refractivity contribution is -0.144. The number of benzene rings is 1. The first-order valence-electron chi connectivity index (χ1n) is 7.16. The van der Waals surface area contributed by atoms with Gasteiger partial charge in [-0.2, -0.15) is 0 Å². The second kappa shape index (κ2) is 8.62. The Kier molecular flexibility index (Phi) is 7.16. The van der Waals surface area contributed by atoms with E-state index in [0.717, 1.165) is 0 Å². The van der Waals surface area contributed by atoms with Gasteiger partial charge >= 0.3 is 12.1 Å². The highest BCUT2D eigenvalue weighted by Crippen LogP contribution is 2.23. The lowest BCUT2D eigenvalue weighted by Crippen LogP contribution is -2.33. The summed E-state index contributed by atoms with van der Waals surface area (Å²) >= 11 is 5.90. The molecule has 1 amide bonds. The molecule has 0 radical (unpaired) electrons. The van der Waals surface area contributed by atoms with Crippen molar-refractivity contribution in [3.05, 3.63) is 28.8 Å². The molecule has 1 rings (SSSR count). The summed E-state index contributed by atoms with van der Waals surface area (Å²) in [7, 11) is 1.53. The highest BCUT2D eigenvalue weighted by Gasteiger charge is 2.16. The number of halogens is 1. The van der Waals surface area contributed by atoms with Gasteiger partial charge in [-0.3, -0.25) is 4.79 Å². The molecule has 1 N–H and O–H groups in total. The van der Waals surface area contributed by atoms with E-state index in [0.29, 0.717) is 16.3 Å². The number of carbonyl (C=O) groups excluding carboxylic acids is 2. The number of alkyl carbamates (subject to hydrolysis) is 1. The number of hydrogen-bond donors (Lipinski definition) is 1. The summed E-state index contributed by atoms with van der Waals surface area (Å²) in [5.41, 5.74) is 0.0988. The molecule has 0 unspecified atom stereocenters. The van der Waals surface area contributed by atoms with Gasteiger partial charge in [-0.05, 0) is 39.0 Å². The van der Waals surface area contributed by atoms with E-state index in [4.69, 9.17) is 25.8 Å². The van der Waals surface area contributed by atoms with Gasteiger partial charge in [-0.1, -0.05) is 11.6 Å². The van der Waals surface area contributed by atoms with Crippen molar-refractivity contribution < 1.29 is 23.8 Å². The second-order valence-corrected chi connectivity index (χ2v) is 6.23. The fourth-order valence-electron chi connectivity index (χ4n) is 1.67. The van der Waals surface area contributed by atoms with Crippen molar-refractivity contribution in [3.63, 3.8) is 0 Å². The molecule has 128 valence electrons. The lowest BCUT2D eigenvalue weighted by atomic mass is 10.2. The molecule has 0 aromatic heterocycles. The predicted molar refractivity (Wildman–Crippen MR) is 86.7 cm³/mol. The SMILES string of the molecule is COc1ccc(Cl)cc1COC(=O)CCNC(=O)OC(C)(C)C. The number of nitrogens with one attached hydrogen (secondary N) is 1. The van der Waals surface area contributed by atoms with Crippen LogP contribution in [0, 0.1) is 0 Å². The molecule has 0 bridgehead atoms. The summed E-state index contributed by atoms with van der Waals surface area (Å²) in [5.74, 6) is 0.150. The van der Waals surface area contributed by atoms with Crippen LogP contribution >= 0.6 is 11.6 Å². The number of ether oxygens (including phenoxy) is 3. The van der Waals surface area contributed by atoms with E-state index in [1.54, 1.807) is 39.0 Å². The van der Waals surface area contributed by atoms with Gasteiger partial charge in [0.2, 0.25) is 0 Å². The zero-order valence-electron chi connectivity index (χ0n) is 13.8. The number of hydrogen-bond acceptors (Lipinski definition) is 5. The summed E-state index contributed by atoms with van der Waals surface area (Å²) in [6, 6.07) is 5.07. The van der Waals surface area contributed by atoms with Crippen LogP contribution < -0.4 is 10.1 Å². The molecule has 0 aliphatic carbocycles. The Morgan fingerprint density at radius 1 is 1.26 bits per heavy atom. The summed E-state index contributed by atoms with van der Waals surface area (Å²) in [4.78, 5) is 23.1. The van der Waals surface area contributed by atoms with E-state index in [9.17, 15) is 9.59 Å². The Bertz CT molecular complexity index is 554. The quantitative estimate of drug-likeness (QED) is 0.802. The average molecular weight is 344 g/mol. The van der Waals surface area contributed by atoms with E-state index in [1.807, 2.05) is 0 Å². The van der Waals surface area contributed by atoms with Gasteiger partial charge < -0.3 is 19.5 Å². The van der Waals surface area contributed by atoms with Crippen LogP contribution in [0.5, 0.6) is 5.75 Å². The molecule has 0 saturated carbocycles. The fourth-order valence-corrected chi connectivity index (χ4v) is 1.87. The first-order valence-corrected chi connectivity index (χ1v) is 7.54. The molecule has 1 aromatic carbocycles. The van der Waals surface area contributed by atoms with Crippen LogP contribution in [0.15, 0.2) is 18.2 Å². The molecule has 0 atom stereocenters. The molecule has 0 saturated heterocycles. The topological polar surface area (TPSA) is 73.9 Å². The number of esters is 1. The highest BCUT2D eigenvalue weighted by molar-refractivity contribution is 6.30. The van der Waals surface area contributed by atoms with E-state index in [-0.39, 0.29) is 19.6 Å². The Labute approximate surface area is 141 Å². The standard InChI is InChI=1S/C16H22ClNO5/c1-16(2,3)23-15(20)18-8-7-14(19)22-10-11-9-12(17)5-6-13(11)21-4/h5-6,9H,7-8,10H2,1-4H3,(H,18,20). The minimum atomic E-state index is -0.576. The Balaban J connectivity index is 2.35. The van der Waals surface area contributed by atoms with Crippen molar-refractivity contribution in [2.75, 3.05) is 13.7 Å². The van der Waals surface area contributed by atoms with Crippen LogP contribution in [0.25, 0.3) is 0 Å². The van der Waals surface area contributed by atoms with Crippen LogP contribution in [0.3, 0.4) is 0 Å². The first kappa shape index (κ1) is 19.1. The van der Waals surface area contributed by atoms with Crippen molar-refractivity contribution in [2.24, 2.45) is 0 Å². The molecule has 0 heterocycles. The molecule has 0 spiro atoms. The molecule has 0 aliphatic rings. The summed E-state index contributed by atoms with van der Waals surface area (Å²) < 4.78 is 15.4. The van der Waals surface area contributed by atoms with Gasteiger partial charge in [-0.25, -0.2) is 4.79 Å². The summed E-state index contributed by atoms with van der Waals surface area (Å²) in [5, 5.41) is 3.02. The number of methoxy groups -OCH3 is 1. The van der Waals surface area contributed by atoms with Crippen LogP contribution in [-0.4, -0.2) is 31.3 Å². The third kappa shape index (κ3) is 7.74. The van der Waals surface area contributed by atoms with Crippen LogP contribution in [0.4, 0.5) is 4.79 Å². The number of carbonyl (C=O) groups is 2. The van der Waals surface area contributed by atoms with E-state index in [2.05, 4.69) is 5.32 Å². The van der Waals surface area contributed by atoms with Gasteiger partial charge in [0.25, 0.3) is 0 Å². The van der Waals surface area contributed by atoms with Crippen LogP contribution in [0.2, 0.25) is 5.02 Å². The monoisotopic (exact) mass is 343 g/mol. The van der Waals surface area contributed by atoms with Gasteiger partial charge in [0.05, 0.1) is 13.5 Å². The number of rotatable bonds is 6. The molecule has 7 heteroatoms. The molecular formula is C16H22ClNO5. The smallest absolute Gasteiger partial charge is 0.407 e. The Morgan fingerprint density at radius 2 is 1.96 bits per heavy atom. The lowest BCUT2D eigenvalue weighted by Gasteiger charge is -2.19. The van der Waals surface area contributed by atoms with Gasteiger partial charge in [0.1, 0.15) is 18.0 Å². The first-order chi connectivity index (χ1) is 10.7. The molecular weight excluding hydrogens is 322 g/mol. The second-order valence-electron chi connectivity index (χ2n) is 5.80. The minimum absolute atomic E-state index is 0.0438. The van der Waals surface area contributed by atoms with Gasteiger partial charge in [-0.15, -0.1) is 0 Å². The highest BCUT2D eigenvalue weighted by atomic mass is 35.5. The normalized spacial score (nSPS) is 10.8. The van der Waals surface area contributed by atoms with E-state index < -0.39 is 17.7 Å². The largest absolute Gasteiger partial charge is 0.496 e. The molecule has 6 nitrogen and oxygen atoms in total. The minimum Gasteiger partial charge on any atom is -0.496 e. The van der Waals surface area contributed by atoms with Crippen molar-refractivity contribution in [3.8, 4) is 5.75 Å². The molecule has 23 heavy (non-hydrogen) atoms. The third-order valence-corrected chi connectivity index (χ3v) is 2.86.